The minimum absolute atomic E-state index is 0.0709. The topological polar surface area (TPSA) is 81.9 Å². The standard InChI is InChI=1S/C17H18FN3O3S2/c1-2-8-21-16(13-7-9-26(23,24)11-13)19-20-17(21)25-10-15(22)12-3-5-14(18)6-4-12/h2-6,13H,1,7-11H2/t13-/m0/s1. The summed E-state index contributed by atoms with van der Waals surface area (Å²) >= 11 is 1.22. The van der Waals surface area contributed by atoms with Gasteiger partial charge in [0.05, 0.1) is 17.3 Å². The zero-order valence-corrected chi connectivity index (χ0v) is 15.6. The maximum Gasteiger partial charge on any atom is 0.191 e. The molecule has 138 valence electrons. The van der Waals surface area contributed by atoms with Crippen LogP contribution in [0.3, 0.4) is 0 Å². The van der Waals surface area contributed by atoms with Crippen molar-refractivity contribution in [1.82, 2.24) is 14.8 Å². The van der Waals surface area contributed by atoms with Crippen molar-refractivity contribution in [2.45, 2.75) is 24.0 Å². The maximum atomic E-state index is 13.0. The number of allylic oxidation sites excluding steroid dienone is 1. The molecule has 1 fully saturated rings. The van der Waals surface area contributed by atoms with Crippen LogP contribution in [-0.4, -0.2) is 46.2 Å². The first-order chi connectivity index (χ1) is 12.4. The predicted octanol–water partition coefficient (Wildman–Crippen LogP) is 2.48. The van der Waals surface area contributed by atoms with Gasteiger partial charge in [0.2, 0.25) is 0 Å². The fraction of sp³-hybridized carbons (Fsp3) is 0.353. The molecule has 1 aliphatic rings. The number of hydrogen-bond acceptors (Lipinski definition) is 6. The molecular formula is C17H18FN3O3S2. The minimum atomic E-state index is -3.03. The molecule has 2 aromatic rings. The average Bonchev–Trinajstić information content (AvgIpc) is 3.16. The van der Waals surface area contributed by atoms with Gasteiger partial charge in [0.15, 0.2) is 20.8 Å². The molecule has 0 unspecified atom stereocenters. The Morgan fingerprint density at radius 2 is 2.08 bits per heavy atom. The number of benzene rings is 1. The van der Waals surface area contributed by atoms with Crippen LogP contribution in [0.1, 0.15) is 28.5 Å². The van der Waals surface area contributed by atoms with Crippen molar-refractivity contribution in [2.24, 2.45) is 0 Å². The van der Waals surface area contributed by atoms with Gasteiger partial charge in [0.25, 0.3) is 0 Å². The summed E-state index contributed by atoms with van der Waals surface area (Å²) in [4.78, 5) is 12.2. The molecule has 1 aromatic carbocycles. The van der Waals surface area contributed by atoms with Crippen LogP contribution in [0.25, 0.3) is 0 Å². The summed E-state index contributed by atoms with van der Waals surface area (Å²) in [5, 5.41) is 8.83. The number of carbonyl (C=O) groups excluding carboxylic acids is 1. The molecule has 2 heterocycles. The lowest BCUT2D eigenvalue weighted by atomic mass is 10.1. The van der Waals surface area contributed by atoms with E-state index in [9.17, 15) is 17.6 Å². The number of halogens is 1. The van der Waals surface area contributed by atoms with Crippen LogP contribution in [-0.2, 0) is 16.4 Å². The van der Waals surface area contributed by atoms with Gasteiger partial charge in [-0.25, -0.2) is 12.8 Å². The SMILES string of the molecule is C=CCn1c(SCC(=O)c2ccc(F)cc2)nnc1[C@H]1CCS(=O)(=O)C1. The lowest BCUT2D eigenvalue weighted by Gasteiger charge is -2.11. The van der Waals surface area contributed by atoms with Gasteiger partial charge in [0, 0.05) is 18.0 Å². The van der Waals surface area contributed by atoms with Gasteiger partial charge >= 0.3 is 0 Å². The molecule has 26 heavy (non-hydrogen) atoms. The summed E-state index contributed by atoms with van der Waals surface area (Å²) in [5.74, 6) is 0.247. The third-order valence-corrected chi connectivity index (χ3v) is 6.89. The van der Waals surface area contributed by atoms with E-state index in [0.29, 0.717) is 29.5 Å². The van der Waals surface area contributed by atoms with Gasteiger partial charge in [-0.1, -0.05) is 17.8 Å². The minimum Gasteiger partial charge on any atom is -0.302 e. The van der Waals surface area contributed by atoms with Crippen molar-refractivity contribution >= 4 is 27.4 Å². The highest BCUT2D eigenvalue weighted by Gasteiger charge is 2.33. The van der Waals surface area contributed by atoms with E-state index in [0.717, 1.165) is 0 Å². The Hall–Kier alpha value is -2.00. The van der Waals surface area contributed by atoms with Crippen LogP contribution in [0.15, 0.2) is 42.1 Å². The van der Waals surface area contributed by atoms with E-state index >= 15 is 0 Å². The first kappa shape index (κ1) is 18.8. The van der Waals surface area contributed by atoms with Crippen molar-refractivity contribution in [3.05, 3.63) is 54.1 Å². The first-order valence-electron chi connectivity index (χ1n) is 8.05. The van der Waals surface area contributed by atoms with E-state index in [1.54, 1.807) is 10.6 Å². The van der Waals surface area contributed by atoms with E-state index < -0.39 is 15.7 Å². The molecule has 3 rings (SSSR count). The third-order valence-electron chi connectivity index (χ3n) is 4.15. The fourth-order valence-electron chi connectivity index (χ4n) is 2.86. The number of carbonyl (C=O) groups is 1. The Morgan fingerprint density at radius 1 is 1.35 bits per heavy atom. The maximum absolute atomic E-state index is 13.0. The quantitative estimate of drug-likeness (QED) is 0.407. The Kier molecular flexibility index (Phi) is 5.57. The van der Waals surface area contributed by atoms with Crippen molar-refractivity contribution in [3.63, 3.8) is 0 Å². The van der Waals surface area contributed by atoms with E-state index in [1.807, 2.05) is 0 Å². The molecule has 0 aliphatic carbocycles. The molecule has 0 bridgehead atoms. The second-order valence-electron chi connectivity index (χ2n) is 6.06. The van der Waals surface area contributed by atoms with Crippen LogP contribution in [0.2, 0.25) is 0 Å². The second-order valence-corrected chi connectivity index (χ2v) is 9.23. The van der Waals surface area contributed by atoms with Gasteiger partial charge in [-0.05, 0) is 30.7 Å². The van der Waals surface area contributed by atoms with Crippen LogP contribution >= 0.6 is 11.8 Å². The molecule has 0 spiro atoms. The Morgan fingerprint density at radius 3 is 2.69 bits per heavy atom. The summed E-state index contributed by atoms with van der Waals surface area (Å²) < 4.78 is 38.2. The lowest BCUT2D eigenvalue weighted by Crippen LogP contribution is -2.12. The molecule has 1 atom stereocenters. The number of Topliss-reactive ketones (excluding diaryl/α,β-unsaturated/α-hetero) is 1. The molecule has 1 aliphatic heterocycles. The zero-order valence-electron chi connectivity index (χ0n) is 14.0. The molecular weight excluding hydrogens is 377 g/mol. The highest BCUT2D eigenvalue weighted by Crippen LogP contribution is 2.30. The van der Waals surface area contributed by atoms with E-state index in [-0.39, 0.29) is 29.0 Å². The van der Waals surface area contributed by atoms with Crippen LogP contribution in [0.5, 0.6) is 0 Å². The summed E-state index contributed by atoms with van der Waals surface area (Å²) in [5.41, 5.74) is 0.427. The smallest absolute Gasteiger partial charge is 0.191 e. The summed E-state index contributed by atoms with van der Waals surface area (Å²) in [6.45, 7) is 4.15. The van der Waals surface area contributed by atoms with E-state index in [2.05, 4.69) is 16.8 Å². The van der Waals surface area contributed by atoms with E-state index in [4.69, 9.17) is 0 Å². The molecule has 9 heteroatoms. The van der Waals surface area contributed by atoms with Gasteiger partial charge in [-0.3, -0.25) is 4.79 Å². The third kappa shape index (κ3) is 4.21. The van der Waals surface area contributed by atoms with Gasteiger partial charge in [-0.2, -0.15) is 0 Å². The molecule has 1 aromatic heterocycles. The molecule has 0 N–H and O–H groups in total. The summed E-state index contributed by atoms with van der Waals surface area (Å²) in [6.07, 6.45) is 2.21. The van der Waals surface area contributed by atoms with Crippen molar-refractivity contribution in [1.29, 1.82) is 0 Å². The molecule has 0 radical (unpaired) electrons. The van der Waals surface area contributed by atoms with Crippen molar-refractivity contribution < 1.29 is 17.6 Å². The number of rotatable bonds is 7. The number of thioether (sulfide) groups is 1. The normalized spacial score (nSPS) is 18.7. The number of hydrogen-bond donors (Lipinski definition) is 0. The van der Waals surface area contributed by atoms with Crippen molar-refractivity contribution in [3.8, 4) is 0 Å². The highest BCUT2D eigenvalue weighted by molar-refractivity contribution is 7.99. The number of sulfone groups is 1. The van der Waals surface area contributed by atoms with Crippen LogP contribution in [0, 0.1) is 5.82 Å². The van der Waals surface area contributed by atoms with Gasteiger partial charge in [0.1, 0.15) is 11.6 Å². The number of ketones is 1. The Bertz CT molecular complexity index is 923. The van der Waals surface area contributed by atoms with Crippen molar-refractivity contribution in [2.75, 3.05) is 17.3 Å². The van der Waals surface area contributed by atoms with E-state index in [1.165, 1.54) is 36.0 Å². The summed E-state index contributed by atoms with van der Waals surface area (Å²) in [6, 6.07) is 5.39. The van der Waals surface area contributed by atoms with Gasteiger partial charge < -0.3 is 4.57 Å². The zero-order chi connectivity index (χ0) is 18.7. The monoisotopic (exact) mass is 395 g/mol. The largest absolute Gasteiger partial charge is 0.302 e. The van der Waals surface area contributed by atoms with Crippen LogP contribution < -0.4 is 0 Å². The van der Waals surface area contributed by atoms with Crippen LogP contribution in [0.4, 0.5) is 4.39 Å². The lowest BCUT2D eigenvalue weighted by molar-refractivity contribution is 0.102. The molecule has 0 saturated carbocycles. The molecule has 0 amide bonds. The first-order valence-corrected chi connectivity index (χ1v) is 10.9. The van der Waals surface area contributed by atoms with Gasteiger partial charge in [-0.15, -0.1) is 16.8 Å². The Labute approximate surface area is 155 Å². The fourth-order valence-corrected chi connectivity index (χ4v) is 5.45. The average molecular weight is 395 g/mol. The number of nitrogens with zero attached hydrogens (tertiary/aromatic N) is 3. The Balaban J connectivity index is 1.74. The highest BCUT2D eigenvalue weighted by atomic mass is 32.2. The molecule has 6 nitrogen and oxygen atoms in total. The number of aromatic nitrogens is 3. The molecule has 1 saturated heterocycles. The predicted molar refractivity (Wildman–Crippen MR) is 97.7 cm³/mol. The summed E-state index contributed by atoms with van der Waals surface area (Å²) in [7, 11) is -3.03. The second kappa shape index (κ2) is 7.71.